The lowest BCUT2D eigenvalue weighted by molar-refractivity contribution is -0.128. The van der Waals surface area contributed by atoms with Gasteiger partial charge < -0.3 is 10.6 Å². The molecule has 0 aliphatic heterocycles. The molecule has 1 aromatic rings. The van der Waals surface area contributed by atoms with Gasteiger partial charge in [0.05, 0.1) is 6.54 Å². The van der Waals surface area contributed by atoms with E-state index in [1.165, 1.54) is 0 Å². The van der Waals surface area contributed by atoms with Crippen LogP contribution in [0.2, 0.25) is 5.15 Å². The number of nitrogens with two attached hydrogens (primary N) is 1. The third kappa shape index (κ3) is 2.97. The molecule has 0 aliphatic rings. The number of hydrogen-bond donors (Lipinski definition) is 1. The molecule has 0 saturated heterocycles. The predicted octanol–water partition coefficient (Wildman–Crippen LogP) is 0.652. The number of carbonyl (C=O) groups excluding carboxylic acids is 1. The van der Waals surface area contributed by atoms with E-state index in [1.54, 1.807) is 24.2 Å². The molecule has 0 saturated carbocycles. The van der Waals surface area contributed by atoms with Crippen molar-refractivity contribution in [3.63, 3.8) is 0 Å². The Kier molecular flexibility index (Phi) is 3.85. The summed E-state index contributed by atoms with van der Waals surface area (Å²) in [4.78, 5) is 16.6. The van der Waals surface area contributed by atoms with Crippen molar-refractivity contribution < 1.29 is 4.79 Å². The van der Waals surface area contributed by atoms with Crippen LogP contribution in [0.15, 0.2) is 18.3 Å². The standard InChI is InChI=1S/C9H12ClN3O/c1-13(9(14)4-11)6-7-2-3-8(10)12-5-7/h2-3,5H,4,6,11H2,1H3. The van der Waals surface area contributed by atoms with Crippen molar-refractivity contribution in [3.8, 4) is 0 Å². The first-order valence-corrected chi connectivity index (χ1v) is 4.55. The molecule has 1 aromatic heterocycles. The van der Waals surface area contributed by atoms with Crippen LogP contribution in [-0.2, 0) is 11.3 Å². The summed E-state index contributed by atoms with van der Waals surface area (Å²) < 4.78 is 0. The van der Waals surface area contributed by atoms with Gasteiger partial charge in [-0.15, -0.1) is 0 Å². The summed E-state index contributed by atoms with van der Waals surface area (Å²) in [5.41, 5.74) is 6.15. The van der Waals surface area contributed by atoms with Crippen molar-refractivity contribution in [1.82, 2.24) is 9.88 Å². The fourth-order valence-corrected chi connectivity index (χ4v) is 1.13. The van der Waals surface area contributed by atoms with Gasteiger partial charge in [0, 0.05) is 19.8 Å². The van der Waals surface area contributed by atoms with Gasteiger partial charge in [-0.2, -0.15) is 0 Å². The van der Waals surface area contributed by atoms with Gasteiger partial charge in [-0.1, -0.05) is 17.7 Å². The lowest BCUT2D eigenvalue weighted by Gasteiger charge is -2.15. The smallest absolute Gasteiger partial charge is 0.236 e. The van der Waals surface area contributed by atoms with Crippen molar-refractivity contribution >= 4 is 17.5 Å². The minimum atomic E-state index is -0.0973. The van der Waals surface area contributed by atoms with Gasteiger partial charge in [0.1, 0.15) is 5.15 Å². The summed E-state index contributed by atoms with van der Waals surface area (Å²) in [6, 6.07) is 3.52. The van der Waals surface area contributed by atoms with Crippen LogP contribution in [0.4, 0.5) is 0 Å². The van der Waals surface area contributed by atoms with Crippen LogP contribution in [0.5, 0.6) is 0 Å². The van der Waals surface area contributed by atoms with Crippen LogP contribution in [0.3, 0.4) is 0 Å². The maximum atomic E-state index is 11.1. The molecule has 2 N–H and O–H groups in total. The van der Waals surface area contributed by atoms with E-state index in [4.69, 9.17) is 17.3 Å². The molecule has 14 heavy (non-hydrogen) atoms. The molecule has 1 amide bonds. The Balaban J connectivity index is 2.60. The third-order valence-electron chi connectivity index (χ3n) is 1.81. The fraction of sp³-hybridized carbons (Fsp3) is 0.333. The van der Waals surface area contributed by atoms with Crippen molar-refractivity contribution in [2.75, 3.05) is 13.6 Å². The predicted molar refractivity (Wildman–Crippen MR) is 54.8 cm³/mol. The molecule has 0 unspecified atom stereocenters. The monoisotopic (exact) mass is 213 g/mol. The second-order valence-corrected chi connectivity index (χ2v) is 3.33. The van der Waals surface area contributed by atoms with Crippen LogP contribution in [0.1, 0.15) is 5.56 Å². The molecule has 0 aromatic carbocycles. The molecule has 0 atom stereocenters. The number of aromatic nitrogens is 1. The first-order valence-electron chi connectivity index (χ1n) is 4.18. The number of amides is 1. The molecule has 4 nitrogen and oxygen atoms in total. The van der Waals surface area contributed by atoms with Crippen LogP contribution in [-0.4, -0.2) is 29.4 Å². The van der Waals surface area contributed by atoms with E-state index in [9.17, 15) is 4.79 Å². The zero-order chi connectivity index (χ0) is 10.6. The van der Waals surface area contributed by atoms with E-state index >= 15 is 0 Å². The van der Waals surface area contributed by atoms with E-state index < -0.39 is 0 Å². The fourth-order valence-electron chi connectivity index (χ4n) is 1.02. The van der Waals surface area contributed by atoms with Crippen molar-refractivity contribution in [1.29, 1.82) is 0 Å². The van der Waals surface area contributed by atoms with Gasteiger partial charge in [-0.25, -0.2) is 4.98 Å². The highest BCUT2D eigenvalue weighted by Gasteiger charge is 2.06. The zero-order valence-corrected chi connectivity index (χ0v) is 8.66. The third-order valence-corrected chi connectivity index (χ3v) is 2.03. The lowest BCUT2D eigenvalue weighted by atomic mass is 10.3. The van der Waals surface area contributed by atoms with Gasteiger partial charge in [-0.05, 0) is 11.6 Å². The molecule has 1 rings (SSSR count). The molecular weight excluding hydrogens is 202 g/mol. The van der Waals surface area contributed by atoms with Crippen LogP contribution < -0.4 is 5.73 Å². The van der Waals surface area contributed by atoms with Crippen molar-refractivity contribution in [2.24, 2.45) is 5.73 Å². The zero-order valence-electron chi connectivity index (χ0n) is 7.90. The highest BCUT2D eigenvalue weighted by Crippen LogP contribution is 2.06. The number of hydrogen-bond acceptors (Lipinski definition) is 3. The summed E-state index contributed by atoms with van der Waals surface area (Å²) in [6.07, 6.45) is 1.64. The van der Waals surface area contributed by atoms with Gasteiger partial charge in [-0.3, -0.25) is 4.79 Å². The maximum absolute atomic E-state index is 11.1. The largest absolute Gasteiger partial charge is 0.340 e. The summed E-state index contributed by atoms with van der Waals surface area (Å²) in [6.45, 7) is 0.526. The van der Waals surface area contributed by atoms with Crippen LogP contribution in [0, 0.1) is 0 Å². The molecule has 0 bridgehead atoms. The number of nitrogens with zero attached hydrogens (tertiary/aromatic N) is 2. The number of pyridine rings is 1. The van der Waals surface area contributed by atoms with Gasteiger partial charge in [0.2, 0.25) is 5.91 Å². The van der Waals surface area contributed by atoms with Crippen molar-refractivity contribution in [2.45, 2.75) is 6.54 Å². The van der Waals surface area contributed by atoms with E-state index in [1.807, 2.05) is 6.07 Å². The Morgan fingerprint density at radius 1 is 1.64 bits per heavy atom. The van der Waals surface area contributed by atoms with E-state index in [2.05, 4.69) is 4.98 Å². The quantitative estimate of drug-likeness (QED) is 0.751. The second-order valence-electron chi connectivity index (χ2n) is 2.94. The van der Waals surface area contributed by atoms with Gasteiger partial charge in [0.15, 0.2) is 0 Å². The SMILES string of the molecule is CN(Cc1ccc(Cl)nc1)C(=O)CN. The van der Waals surface area contributed by atoms with E-state index in [0.29, 0.717) is 11.7 Å². The minimum absolute atomic E-state index is 0.0253. The maximum Gasteiger partial charge on any atom is 0.236 e. The molecule has 0 radical (unpaired) electrons. The second kappa shape index (κ2) is 4.93. The number of halogens is 1. The van der Waals surface area contributed by atoms with Gasteiger partial charge >= 0.3 is 0 Å². The molecule has 76 valence electrons. The first-order chi connectivity index (χ1) is 6.63. The Labute approximate surface area is 87.7 Å². The average Bonchev–Trinajstić information content (AvgIpc) is 2.20. The Morgan fingerprint density at radius 3 is 2.86 bits per heavy atom. The number of likely N-dealkylation sites (N-methyl/N-ethyl adjacent to an activating group) is 1. The molecular formula is C9H12ClN3O. The first kappa shape index (κ1) is 10.9. The van der Waals surface area contributed by atoms with E-state index in [-0.39, 0.29) is 12.5 Å². The van der Waals surface area contributed by atoms with E-state index in [0.717, 1.165) is 5.56 Å². The summed E-state index contributed by atoms with van der Waals surface area (Å²) >= 11 is 5.63. The summed E-state index contributed by atoms with van der Waals surface area (Å²) in [5, 5.41) is 0.446. The topological polar surface area (TPSA) is 59.2 Å². The molecule has 1 heterocycles. The van der Waals surface area contributed by atoms with Gasteiger partial charge in [0.25, 0.3) is 0 Å². The normalized spacial score (nSPS) is 9.93. The Morgan fingerprint density at radius 2 is 2.36 bits per heavy atom. The molecule has 0 fully saturated rings. The summed E-state index contributed by atoms with van der Waals surface area (Å²) in [5.74, 6) is -0.0973. The Hall–Kier alpha value is -1.13. The summed E-state index contributed by atoms with van der Waals surface area (Å²) in [7, 11) is 1.70. The van der Waals surface area contributed by atoms with Crippen molar-refractivity contribution in [3.05, 3.63) is 29.0 Å². The van der Waals surface area contributed by atoms with Crippen LogP contribution in [0.25, 0.3) is 0 Å². The molecule has 0 spiro atoms. The number of rotatable bonds is 3. The van der Waals surface area contributed by atoms with Crippen LogP contribution >= 0.6 is 11.6 Å². The molecule has 0 aliphatic carbocycles. The molecule has 5 heteroatoms. The lowest BCUT2D eigenvalue weighted by Crippen LogP contribution is -2.32. The Bertz CT molecular complexity index is 312. The highest BCUT2D eigenvalue weighted by atomic mass is 35.5. The highest BCUT2D eigenvalue weighted by molar-refractivity contribution is 6.29. The average molecular weight is 214 g/mol. The minimum Gasteiger partial charge on any atom is -0.340 e. The number of carbonyl (C=O) groups is 1.